The van der Waals surface area contributed by atoms with Gasteiger partial charge in [-0.05, 0) is 31.5 Å². The summed E-state index contributed by atoms with van der Waals surface area (Å²) in [6, 6.07) is 5.06. The van der Waals surface area contributed by atoms with E-state index in [9.17, 15) is 4.39 Å². The van der Waals surface area contributed by atoms with E-state index >= 15 is 0 Å². The molecular weight excluding hydrogens is 255 g/mol. The lowest BCUT2D eigenvalue weighted by Crippen LogP contribution is -2.07. The van der Waals surface area contributed by atoms with Crippen LogP contribution < -0.4 is 10.6 Å². The zero-order valence-corrected chi connectivity index (χ0v) is 12.2. The molecule has 1 aromatic carbocycles. The Balaban J connectivity index is 2.39. The minimum Gasteiger partial charge on any atom is -0.373 e. The van der Waals surface area contributed by atoms with Crippen molar-refractivity contribution in [1.29, 1.82) is 0 Å². The minimum absolute atomic E-state index is 0.230. The SMILES string of the molecule is CCc1nc(NC)c(C)c(Nc2ccc(C)c(F)c2)n1. The van der Waals surface area contributed by atoms with Crippen LogP contribution in [0.15, 0.2) is 18.2 Å². The molecule has 0 amide bonds. The highest BCUT2D eigenvalue weighted by atomic mass is 19.1. The lowest BCUT2D eigenvalue weighted by Gasteiger charge is -2.13. The molecule has 20 heavy (non-hydrogen) atoms. The predicted octanol–water partition coefficient (Wildman–Crippen LogP) is 3.58. The first-order valence-corrected chi connectivity index (χ1v) is 6.63. The molecule has 2 rings (SSSR count). The molecule has 0 fully saturated rings. The molecule has 106 valence electrons. The number of aromatic nitrogens is 2. The number of aryl methyl sites for hydroxylation is 2. The summed E-state index contributed by atoms with van der Waals surface area (Å²) >= 11 is 0. The molecule has 0 radical (unpaired) electrons. The first-order valence-electron chi connectivity index (χ1n) is 6.63. The van der Waals surface area contributed by atoms with E-state index in [1.165, 1.54) is 6.07 Å². The van der Waals surface area contributed by atoms with E-state index in [4.69, 9.17) is 0 Å². The molecule has 0 atom stereocenters. The first-order chi connectivity index (χ1) is 9.55. The van der Waals surface area contributed by atoms with Gasteiger partial charge in [0.05, 0.1) is 0 Å². The second-order valence-electron chi connectivity index (χ2n) is 4.65. The van der Waals surface area contributed by atoms with Gasteiger partial charge in [0, 0.05) is 24.7 Å². The molecule has 2 N–H and O–H groups in total. The van der Waals surface area contributed by atoms with Crippen molar-refractivity contribution < 1.29 is 4.39 Å². The molecule has 2 aromatic rings. The van der Waals surface area contributed by atoms with Crippen molar-refractivity contribution in [3.8, 4) is 0 Å². The molecule has 0 spiro atoms. The zero-order valence-electron chi connectivity index (χ0n) is 12.2. The van der Waals surface area contributed by atoms with Gasteiger partial charge in [-0.1, -0.05) is 13.0 Å². The van der Waals surface area contributed by atoms with Crippen LogP contribution in [0, 0.1) is 19.7 Å². The summed E-state index contributed by atoms with van der Waals surface area (Å²) in [6.07, 6.45) is 0.742. The molecule has 0 aliphatic heterocycles. The lowest BCUT2D eigenvalue weighted by molar-refractivity contribution is 0.619. The average molecular weight is 274 g/mol. The molecule has 1 heterocycles. The maximum atomic E-state index is 13.6. The molecule has 0 aliphatic rings. The molecule has 4 nitrogen and oxygen atoms in total. The average Bonchev–Trinajstić information content (AvgIpc) is 2.45. The molecule has 0 saturated heterocycles. The normalized spacial score (nSPS) is 10.4. The van der Waals surface area contributed by atoms with Crippen LogP contribution in [-0.2, 0) is 6.42 Å². The Bertz CT molecular complexity index is 626. The molecule has 1 aromatic heterocycles. The van der Waals surface area contributed by atoms with Gasteiger partial charge in [0.15, 0.2) is 0 Å². The third kappa shape index (κ3) is 2.87. The Kier molecular flexibility index (Phi) is 4.17. The van der Waals surface area contributed by atoms with Crippen LogP contribution in [0.5, 0.6) is 0 Å². The number of halogens is 1. The Labute approximate surface area is 118 Å². The van der Waals surface area contributed by atoms with Gasteiger partial charge in [-0.2, -0.15) is 0 Å². The largest absolute Gasteiger partial charge is 0.373 e. The molecule has 0 bridgehead atoms. The van der Waals surface area contributed by atoms with E-state index in [0.717, 1.165) is 23.6 Å². The highest BCUT2D eigenvalue weighted by molar-refractivity contribution is 5.64. The Morgan fingerprint density at radius 1 is 1.15 bits per heavy atom. The fourth-order valence-corrected chi connectivity index (χ4v) is 1.89. The van der Waals surface area contributed by atoms with Crippen LogP contribution in [0.25, 0.3) is 0 Å². The van der Waals surface area contributed by atoms with Crippen LogP contribution in [0.4, 0.5) is 21.7 Å². The molecule has 0 saturated carbocycles. The second kappa shape index (κ2) is 5.86. The minimum atomic E-state index is -0.230. The number of rotatable bonds is 4. The Morgan fingerprint density at radius 2 is 1.85 bits per heavy atom. The highest BCUT2D eigenvalue weighted by Crippen LogP contribution is 2.24. The monoisotopic (exact) mass is 274 g/mol. The molecule has 0 unspecified atom stereocenters. The van der Waals surface area contributed by atoms with Crippen molar-refractivity contribution in [2.75, 3.05) is 17.7 Å². The number of hydrogen-bond acceptors (Lipinski definition) is 4. The van der Waals surface area contributed by atoms with Gasteiger partial charge in [0.25, 0.3) is 0 Å². The first kappa shape index (κ1) is 14.2. The van der Waals surface area contributed by atoms with E-state index in [1.54, 1.807) is 13.0 Å². The topological polar surface area (TPSA) is 49.8 Å². The standard InChI is InChI=1S/C15H19FN4/c1-5-13-19-14(17-4)10(3)15(20-13)18-11-7-6-9(2)12(16)8-11/h6-8H,5H2,1-4H3,(H2,17,18,19,20). The van der Waals surface area contributed by atoms with Crippen molar-refractivity contribution >= 4 is 17.3 Å². The van der Waals surface area contributed by atoms with Crippen molar-refractivity contribution in [1.82, 2.24) is 9.97 Å². The smallest absolute Gasteiger partial charge is 0.139 e. The summed E-state index contributed by atoms with van der Waals surface area (Å²) in [5.41, 5.74) is 2.21. The summed E-state index contributed by atoms with van der Waals surface area (Å²) in [7, 11) is 1.82. The van der Waals surface area contributed by atoms with Crippen molar-refractivity contribution in [2.45, 2.75) is 27.2 Å². The van der Waals surface area contributed by atoms with Crippen LogP contribution in [-0.4, -0.2) is 17.0 Å². The van der Waals surface area contributed by atoms with Gasteiger partial charge < -0.3 is 10.6 Å². The van der Waals surface area contributed by atoms with Crippen molar-refractivity contribution in [3.63, 3.8) is 0 Å². The van der Waals surface area contributed by atoms with Crippen LogP contribution in [0.2, 0.25) is 0 Å². The summed E-state index contributed by atoms with van der Waals surface area (Å²) in [5, 5.41) is 6.21. The van der Waals surface area contributed by atoms with E-state index < -0.39 is 0 Å². The number of benzene rings is 1. The second-order valence-corrected chi connectivity index (χ2v) is 4.65. The van der Waals surface area contributed by atoms with Crippen molar-refractivity contribution in [3.05, 3.63) is 41.0 Å². The van der Waals surface area contributed by atoms with Gasteiger partial charge in [-0.15, -0.1) is 0 Å². The van der Waals surface area contributed by atoms with Gasteiger partial charge in [0.1, 0.15) is 23.3 Å². The fourth-order valence-electron chi connectivity index (χ4n) is 1.89. The highest BCUT2D eigenvalue weighted by Gasteiger charge is 2.10. The third-order valence-corrected chi connectivity index (χ3v) is 3.18. The van der Waals surface area contributed by atoms with Crippen LogP contribution >= 0.6 is 0 Å². The number of hydrogen-bond donors (Lipinski definition) is 2. The van der Waals surface area contributed by atoms with Crippen molar-refractivity contribution in [2.24, 2.45) is 0 Å². The zero-order chi connectivity index (χ0) is 14.7. The van der Waals surface area contributed by atoms with Gasteiger partial charge >= 0.3 is 0 Å². The summed E-state index contributed by atoms with van der Waals surface area (Å²) in [4.78, 5) is 8.87. The van der Waals surface area contributed by atoms with E-state index in [1.807, 2.05) is 27.0 Å². The van der Waals surface area contributed by atoms with Crippen LogP contribution in [0.1, 0.15) is 23.9 Å². The van der Waals surface area contributed by atoms with Gasteiger partial charge in [0.2, 0.25) is 0 Å². The lowest BCUT2D eigenvalue weighted by atomic mass is 10.2. The number of anilines is 3. The summed E-state index contributed by atoms with van der Waals surface area (Å²) in [5.74, 6) is 2.00. The van der Waals surface area contributed by atoms with Gasteiger partial charge in [-0.3, -0.25) is 0 Å². The van der Waals surface area contributed by atoms with Gasteiger partial charge in [-0.25, -0.2) is 14.4 Å². The summed E-state index contributed by atoms with van der Waals surface area (Å²) in [6.45, 7) is 5.67. The van der Waals surface area contributed by atoms with E-state index in [2.05, 4.69) is 20.6 Å². The Morgan fingerprint density at radius 3 is 2.45 bits per heavy atom. The maximum Gasteiger partial charge on any atom is 0.139 e. The summed E-state index contributed by atoms with van der Waals surface area (Å²) < 4.78 is 13.6. The fraction of sp³-hybridized carbons (Fsp3) is 0.333. The molecule has 0 aliphatic carbocycles. The Hall–Kier alpha value is -2.17. The maximum absolute atomic E-state index is 13.6. The van der Waals surface area contributed by atoms with E-state index in [0.29, 0.717) is 17.1 Å². The van der Waals surface area contributed by atoms with Crippen LogP contribution in [0.3, 0.4) is 0 Å². The molecular formula is C15H19FN4. The molecule has 5 heteroatoms. The number of nitrogens with one attached hydrogen (secondary N) is 2. The van der Waals surface area contributed by atoms with E-state index in [-0.39, 0.29) is 5.82 Å². The third-order valence-electron chi connectivity index (χ3n) is 3.18. The predicted molar refractivity (Wildman–Crippen MR) is 80.1 cm³/mol. The number of nitrogens with zero attached hydrogens (tertiary/aromatic N) is 2. The quantitative estimate of drug-likeness (QED) is 0.894.